The van der Waals surface area contributed by atoms with Crippen molar-refractivity contribution in [2.75, 3.05) is 12.8 Å². The van der Waals surface area contributed by atoms with Gasteiger partial charge in [-0.3, -0.25) is 0 Å². The molecule has 86 valence electrons. The third-order valence-electron chi connectivity index (χ3n) is 1.81. The molecule has 5 nitrogen and oxygen atoms in total. The van der Waals surface area contributed by atoms with Crippen molar-refractivity contribution in [1.29, 1.82) is 0 Å². The first-order valence-electron chi connectivity index (χ1n) is 4.70. The lowest BCUT2D eigenvalue weighted by Crippen LogP contribution is -2.05. The highest BCUT2D eigenvalue weighted by Gasteiger charge is 2.11. The van der Waals surface area contributed by atoms with Crippen LogP contribution >= 0.6 is 11.8 Å². The smallest absolute Gasteiger partial charge is 0.355 e. The van der Waals surface area contributed by atoms with Gasteiger partial charge in [-0.05, 0) is 19.2 Å². The molecule has 6 heteroatoms. The van der Waals surface area contributed by atoms with Gasteiger partial charge < -0.3 is 10.8 Å². The Morgan fingerprint density at radius 1 is 1.69 bits per heavy atom. The predicted molar refractivity (Wildman–Crippen MR) is 63.5 cm³/mol. The molecule has 0 aromatic carbocycles. The number of carboxylic acids is 1. The summed E-state index contributed by atoms with van der Waals surface area (Å²) in [5.41, 5.74) is 5.85. The molecule has 0 aliphatic carbocycles. The Hall–Kier alpha value is -1.40. The minimum Gasteiger partial charge on any atom is -0.476 e. The average molecular weight is 239 g/mol. The fourth-order valence-corrected chi connectivity index (χ4v) is 1.41. The number of nitrogens with two attached hydrogens (primary N) is 1. The Labute approximate surface area is 97.8 Å². The van der Waals surface area contributed by atoms with Crippen molar-refractivity contribution in [2.45, 2.75) is 11.6 Å². The number of carboxylic acid groups (broad SMARTS) is 1. The van der Waals surface area contributed by atoms with Gasteiger partial charge in [0, 0.05) is 11.8 Å². The lowest BCUT2D eigenvalue weighted by Gasteiger charge is -2.01. The molecule has 1 heterocycles. The van der Waals surface area contributed by atoms with Crippen LogP contribution in [-0.2, 0) is 0 Å². The summed E-state index contributed by atoms with van der Waals surface area (Å²) >= 11 is 1.31. The van der Waals surface area contributed by atoms with Crippen LogP contribution in [0, 0.1) is 0 Å². The maximum atomic E-state index is 11.0. The van der Waals surface area contributed by atoms with E-state index in [9.17, 15) is 4.79 Å². The SMILES string of the molecule is CSc1ncc(C=CCCN)c(C(=O)O)n1. The summed E-state index contributed by atoms with van der Waals surface area (Å²) in [5, 5.41) is 9.44. The molecule has 0 fully saturated rings. The summed E-state index contributed by atoms with van der Waals surface area (Å²) in [6.07, 6.45) is 7.49. The molecule has 0 bridgehead atoms. The molecule has 3 N–H and O–H groups in total. The molecule has 1 aromatic heterocycles. The van der Waals surface area contributed by atoms with Gasteiger partial charge in [0.25, 0.3) is 0 Å². The topological polar surface area (TPSA) is 89.1 Å². The standard InChI is InChI=1S/C10H13N3O2S/c1-16-10-12-6-7(4-2-3-5-11)8(13-10)9(14)15/h2,4,6H,3,5,11H2,1H3,(H,14,15). The van der Waals surface area contributed by atoms with Crippen molar-refractivity contribution < 1.29 is 9.90 Å². The van der Waals surface area contributed by atoms with E-state index in [-0.39, 0.29) is 5.69 Å². The largest absolute Gasteiger partial charge is 0.476 e. The fraction of sp³-hybridized carbons (Fsp3) is 0.300. The summed E-state index contributed by atoms with van der Waals surface area (Å²) in [5.74, 6) is -1.05. The van der Waals surface area contributed by atoms with Gasteiger partial charge in [0.2, 0.25) is 0 Å². The molecule has 16 heavy (non-hydrogen) atoms. The number of aromatic nitrogens is 2. The maximum Gasteiger partial charge on any atom is 0.355 e. The van der Waals surface area contributed by atoms with Crippen LogP contribution < -0.4 is 5.73 Å². The van der Waals surface area contributed by atoms with Gasteiger partial charge in [-0.1, -0.05) is 23.9 Å². The molecule has 0 spiro atoms. The van der Waals surface area contributed by atoms with Crippen molar-refractivity contribution in [2.24, 2.45) is 5.73 Å². The molecule has 0 aliphatic rings. The van der Waals surface area contributed by atoms with Crippen LogP contribution in [0.2, 0.25) is 0 Å². The molecule has 0 amide bonds. The Morgan fingerprint density at radius 3 is 3.00 bits per heavy atom. The maximum absolute atomic E-state index is 11.0. The van der Waals surface area contributed by atoms with Crippen LogP contribution in [0.5, 0.6) is 0 Å². The van der Waals surface area contributed by atoms with Crippen molar-refractivity contribution >= 4 is 23.8 Å². The summed E-state index contributed by atoms with van der Waals surface area (Å²) in [4.78, 5) is 18.9. The summed E-state index contributed by atoms with van der Waals surface area (Å²) < 4.78 is 0. The predicted octanol–water partition coefficient (Wildman–Crippen LogP) is 1.26. The second-order valence-electron chi connectivity index (χ2n) is 2.95. The van der Waals surface area contributed by atoms with Gasteiger partial charge >= 0.3 is 5.97 Å². The van der Waals surface area contributed by atoms with Crippen molar-refractivity contribution in [1.82, 2.24) is 9.97 Å². The molecule has 0 saturated heterocycles. The zero-order valence-corrected chi connectivity index (χ0v) is 9.70. The number of hydrogen-bond donors (Lipinski definition) is 2. The van der Waals surface area contributed by atoms with Crippen LogP contribution in [0.15, 0.2) is 17.4 Å². The first kappa shape index (κ1) is 12.7. The molecule has 1 rings (SSSR count). The van der Waals surface area contributed by atoms with E-state index in [1.165, 1.54) is 18.0 Å². The van der Waals surface area contributed by atoms with Gasteiger partial charge in [0.1, 0.15) is 0 Å². The van der Waals surface area contributed by atoms with E-state index in [2.05, 4.69) is 9.97 Å². The van der Waals surface area contributed by atoms with Crippen LogP contribution in [0.3, 0.4) is 0 Å². The van der Waals surface area contributed by atoms with E-state index >= 15 is 0 Å². The van der Waals surface area contributed by atoms with Crippen molar-refractivity contribution in [3.05, 3.63) is 23.5 Å². The normalized spacial score (nSPS) is 10.9. The van der Waals surface area contributed by atoms with Gasteiger partial charge in [0.05, 0.1) is 0 Å². The Kier molecular flexibility index (Phi) is 4.94. The van der Waals surface area contributed by atoms with Crippen LogP contribution in [0.1, 0.15) is 22.5 Å². The van der Waals surface area contributed by atoms with Gasteiger partial charge in [-0.15, -0.1) is 0 Å². The highest BCUT2D eigenvalue weighted by atomic mass is 32.2. The lowest BCUT2D eigenvalue weighted by atomic mass is 10.2. The second-order valence-corrected chi connectivity index (χ2v) is 3.72. The summed E-state index contributed by atoms with van der Waals surface area (Å²) in [6, 6.07) is 0. The summed E-state index contributed by atoms with van der Waals surface area (Å²) in [6.45, 7) is 0.530. The minimum atomic E-state index is -1.05. The molecule has 0 unspecified atom stereocenters. The van der Waals surface area contributed by atoms with Crippen molar-refractivity contribution in [3.63, 3.8) is 0 Å². The quantitative estimate of drug-likeness (QED) is 0.594. The number of hydrogen-bond acceptors (Lipinski definition) is 5. The number of aromatic carboxylic acids is 1. The van der Waals surface area contributed by atoms with E-state index < -0.39 is 5.97 Å². The summed E-state index contributed by atoms with van der Waals surface area (Å²) in [7, 11) is 0. The monoisotopic (exact) mass is 239 g/mol. The molecule has 0 atom stereocenters. The Bertz CT molecular complexity index is 407. The third kappa shape index (κ3) is 3.32. The zero-order valence-electron chi connectivity index (χ0n) is 8.88. The minimum absolute atomic E-state index is 0.0209. The highest BCUT2D eigenvalue weighted by molar-refractivity contribution is 7.98. The molecular weight excluding hydrogens is 226 g/mol. The van der Waals surface area contributed by atoms with Gasteiger partial charge in [0.15, 0.2) is 10.9 Å². The highest BCUT2D eigenvalue weighted by Crippen LogP contribution is 2.13. The van der Waals surface area contributed by atoms with E-state index in [1.54, 1.807) is 12.3 Å². The van der Waals surface area contributed by atoms with Crippen LogP contribution in [-0.4, -0.2) is 33.8 Å². The molecule has 1 aromatic rings. The number of rotatable bonds is 5. The van der Waals surface area contributed by atoms with E-state index in [4.69, 9.17) is 10.8 Å². The van der Waals surface area contributed by atoms with E-state index in [1.807, 2.05) is 6.08 Å². The van der Waals surface area contributed by atoms with Crippen LogP contribution in [0.25, 0.3) is 6.08 Å². The first-order valence-corrected chi connectivity index (χ1v) is 5.92. The Balaban J connectivity index is 3.03. The zero-order chi connectivity index (χ0) is 12.0. The number of carbonyl (C=O) groups is 1. The third-order valence-corrected chi connectivity index (χ3v) is 2.37. The van der Waals surface area contributed by atoms with Gasteiger partial charge in [-0.25, -0.2) is 14.8 Å². The molecule has 0 saturated carbocycles. The van der Waals surface area contributed by atoms with E-state index in [0.29, 0.717) is 23.7 Å². The van der Waals surface area contributed by atoms with Crippen LogP contribution in [0.4, 0.5) is 0 Å². The van der Waals surface area contributed by atoms with Crippen molar-refractivity contribution in [3.8, 4) is 0 Å². The Morgan fingerprint density at radius 2 is 2.44 bits per heavy atom. The molecular formula is C10H13N3O2S. The number of nitrogens with zero attached hydrogens (tertiary/aromatic N) is 2. The first-order chi connectivity index (χ1) is 7.69. The average Bonchev–Trinajstić information content (AvgIpc) is 2.29. The molecule has 0 aliphatic heterocycles. The fourth-order valence-electron chi connectivity index (χ4n) is 1.07. The lowest BCUT2D eigenvalue weighted by molar-refractivity contribution is 0.0689. The van der Waals surface area contributed by atoms with E-state index in [0.717, 1.165) is 0 Å². The second kappa shape index (κ2) is 6.24. The molecule has 0 radical (unpaired) electrons. The number of thioether (sulfide) groups is 1. The van der Waals surface area contributed by atoms with Gasteiger partial charge in [-0.2, -0.15) is 0 Å².